The Morgan fingerprint density at radius 1 is 1.19 bits per heavy atom. The molecule has 2 N–H and O–H groups in total. The van der Waals surface area contributed by atoms with Gasteiger partial charge in [0.1, 0.15) is 17.4 Å². The molecule has 1 saturated heterocycles. The number of methoxy groups -OCH3 is 2. The Morgan fingerprint density at radius 3 is 2.81 bits per heavy atom. The second-order valence-corrected chi connectivity index (χ2v) is 8.86. The SMILES string of the molecule is COc1cc(F)cc([C@H]2C[C@H](NC(=O)c3cc(Cl)cc(OC)c3O)CN2c2ccc3nccn3n2)c1. The summed E-state index contributed by atoms with van der Waals surface area (Å²) in [5.41, 5.74) is 1.38. The Morgan fingerprint density at radius 2 is 2.03 bits per heavy atom. The van der Waals surface area contributed by atoms with Crippen LogP contribution < -0.4 is 19.7 Å². The van der Waals surface area contributed by atoms with Gasteiger partial charge in [0.25, 0.3) is 5.91 Å². The van der Waals surface area contributed by atoms with E-state index in [1.165, 1.54) is 38.5 Å². The molecule has 0 unspecified atom stereocenters. The van der Waals surface area contributed by atoms with Gasteiger partial charge in [-0.25, -0.2) is 13.9 Å². The lowest BCUT2D eigenvalue weighted by Crippen LogP contribution is -2.37. The first-order chi connectivity index (χ1) is 17.4. The van der Waals surface area contributed by atoms with E-state index >= 15 is 0 Å². The van der Waals surface area contributed by atoms with E-state index in [0.29, 0.717) is 35.7 Å². The van der Waals surface area contributed by atoms with E-state index in [1.54, 1.807) is 23.0 Å². The van der Waals surface area contributed by atoms with Gasteiger partial charge in [-0.3, -0.25) is 4.79 Å². The number of phenols is 1. The van der Waals surface area contributed by atoms with Gasteiger partial charge in [-0.2, -0.15) is 0 Å². The average molecular weight is 512 g/mol. The third kappa shape index (κ3) is 4.47. The van der Waals surface area contributed by atoms with Crippen LogP contribution in [0.15, 0.2) is 54.9 Å². The maximum atomic E-state index is 14.4. The summed E-state index contributed by atoms with van der Waals surface area (Å²) in [6.45, 7) is 0.390. The molecule has 0 radical (unpaired) electrons. The number of carbonyl (C=O) groups is 1. The first kappa shape index (κ1) is 23.7. The monoisotopic (exact) mass is 511 g/mol. The zero-order valence-electron chi connectivity index (χ0n) is 19.5. The van der Waals surface area contributed by atoms with Crippen LogP contribution in [-0.4, -0.2) is 52.4 Å². The van der Waals surface area contributed by atoms with Crippen molar-refractivity contribution in [3.63, 3.8) is 0 Å². The molecule has 1 aliphatic rings. The van der Waals surface area contributed by atoms with Gasteiger partial charge in [0.05, 0.1) is 25.8 Å². The second-order valence-electron chi connectivity index (χ2n) is 8.42. The van der Waals surface area contributed by atoms with E-state index in [9.17, 15) is 14.3 Å². The Kier molecular flexibility index (Phi) is 6.27. The molecule has 9 nitrogen and oxygen atoms in total. The average Bonchev–Trinajstić information content (AvgIpc) is 3.51. The third-order valence-corrected chi connectivity index (χ3v) is 6.41. The number of aromatic hydroxyl groups is 1. The van der Waals surface area contributed by atoms with Crippen molar-refractivity contribution < 1.29 is 23.8 Å². The maximum absolute atomic E-state index is 14.4. The summed E-state index contributed by atoms with van der Waals surface area (Å²) in [4.78, 5) is 19.3. The number of imidazole rings is 1. The fourth-order valence-corrected chi connectivity index (χ4v) is 4.74. The maximum Gasteiger partial charge on any atom is 0.255 e. The number of amides is 1. The molecule has 11 heteroatoms. The highest BCUT2D eigenvalue weighted by molar-refractivity contribution is 6.31. The molecule has 4 aromatic rings. The number of halogens is 2. The number of nitrogens with zero attached hydrogens (tertiary/aromatic N) is 4. The normalized spacial score (nSPS) is 17.4. The molecule has 5 rings (SSSR count). The van der Waals surface area contributed by atoms with Gasteiger partial charge in [-0.1, -0.05) is 11.6 Å². The zero-order chi connectivity index (χ0) is 25.4. The number of phenolic OH excluding ortho intramolecular Hbond substituents is 1. The fourth-order valence-electron chi connectivity index (χ4n) is 4.53. The number of benzene rings is 2. The molecule has 0 aliphatic carbocycles. The van der Waals surface area contributed by atoms with Gasteiger partial charge in [0, 0.05) is 42.1 Å². The molecular formula is C25H23ClFN5O4. The number of aromatic nitrogens is 3. The zero-order valence-corrected chi connectivity index (χ0v) is 20.2. The van der Waals surface area contributed by atoms with Crippen LogP contribution in [0.2, 0.25) is 5.02 Å². The summed E-state index contributed by atoms with van der Waals surface area (Å²) in [6, 6.07) is 10.4. The molecule has 1 amide bonds. The lowest BCUT2D eigenvalue weighted by molar-refractivity contribution is 0.0936. The van der Waals surface area contributed by atoms with Crippen molar-refractivity contribution in [2.45, 2.75) is 18.5 Å². The summed E-state index contributed by atoms with van der Waals surface area (Å²) in [5.74, 6) is -0.0974. The predicted octanol–water partition coefficient (Wildman–Crippen LogP) is 3.99. The van der Waals surface area contributed by atoms with E-state index in [4.69, 9.17) is 21.1 Å². The minimum atomic E-state index is -0.506. The van der Waals surface area contributed by atoms with Gasteiger partial charge in [0.2, 0.25) is 0 Å². The van der Waals surface area contributed by atoms with Crippen LogP contribution in [0.3, 0.4) is 0 Å². The molecule has 3 heterocycles. The van der Waals surface area contributed by atoms with Crippen molar-refractivity contribution in [3.8, 4) is 17.2 Å². The molecule has 36 heavy (non-hydrogen) atoms. The van der Waals surface area contributed by atoms with Crippen LogP contribution in [0.25, 0.3) is 5.65 Å². The number of hydrogen-bond acceptors (Lipinski definition) is 7. The summed E-state index contributed by atoms with van der Waals surface area (Å²) in [6.07, 6.45) is 3.85. The topological polar surface area (TPSA) is 101 Å². The quantitative estimate of drug-likeness (QED) is 0.403. The predicted molar refractivity (Wildman–Crippen MR) is 132 cm³/mol. The number of hydrogen-bond donors (Lipinski definition) is 2. The van der Waals surface area contributed by atoms with E-state index in [0.717, 1.165) is 0 Å². The number of rotatable bonds is 6. The van der Waals surface area contributed by atoms with Crippen LogP contribution in [-0.2, 0) is 0 Å². The molecule has 1 aliphatic heterocycles. The van der Waals surface area contributed by atoms with Gasteiger partial charge in [-0.05, 0) is 42.3 Å². The van der Waals surface area contributed by atoms with E-state index in [-0.39, 0.29) is 34.2 Å². The van der Waals surface area contributed by atoms with Crippen molar-refractivity contribution >= 4 is 29.0 Å². The smallest absolute Gasteiger partial charge is 0.255 e. The minimum absolute atomic E-state index is 0.000245. The molecule has 0 spiro atoms. The van der Waals surface area contributed by atoms with Crippen molar-refractivity contribution in [2.75, 3.05) is 25.7 Å². The summed E-state index contributed by atoms with van der Waals surface area (Å²) in [5, 5.41) is 18.3. The Balaban J connectivity index is 1.48. The van der Waals surface area contributed by atoms with Crippen molar-refractivity contribution in [1.82, 2.24) is 19.9 Å². The van der Waals surface area contributed by atoms with E-state index in [2.05, 4.69) is 15.4 Å². The number of anilines is 1. The van der Waals surface area contributed by atoms with Crippen LogP contribution in [0.5, 0.6) is 17.2 Å². The molecule has 2 aromatic heterocycles. The van der Waals surface area contributed by atoms with Crippen molar-refractivity contribution in [1.29, 1.82) is 0 Å². The number of nitrogens with one attached hydrogen (secondary N) is 1. The van der Waals surface area contributed by atoms with Crippen LogP contribution >= 0.6 is 11.6 Å². The molecule has 186 valence electrons. The number of ether oxygens (including phenoxy) is 2. The van der Waals surface area contributed by atoms with Crippen molar-refractivity contribution in [3.05, 3.63) is 76.8 Å². The lowest BCUT2D eigenvalue weighted by atomic mass is 10.0. The van der Waals surface area contributed by atoms with Gasteiger partial charge in [-0.15, -0.1) is 5.10 Å². The highest BCUT2D eigenvalue weighted by Gasteiger charge is 2.36. The summed E-state index contributed by atoms with van der Waals surface area (Å²) in [7, 11) is 2.86. The summed E-state index contributed by atoms with van der Waals surface area (Å²) < 4.78 is 26.4. The molecular weight excluding hydrogens is 489 g/mol. The Labute approximate surface area is 211 Å². The fraction of sp³-hybridized carbons (Fsp3) is 0.240. The number of fused-ring (bicyclic) bond motifs is 1. The molecule has 2 atom stereocenters. The number of carbonyl (C=O) groups excluding carboxylic acids is 1. The second kappa shape index (κ2) is 9.54. The largest absolute Gasteiger partial charge is 0.504 e. The molecule has 0 saturated carbocycles. The molecule has 0 bridgehead atoms. The van der Waals surface area contributed by atoms with Gasteiger partial charge in [0.15, 0.2) is 17.1 Å². The first-order valence-corrected chi connectivity index (χ1v) is 11.5. The van der Waals surface area contributed by atoms with Crippen LogP contribution in [0, 0.1) is 5.82 Å². The molecule has 1 fully saturated rings. The Bertz CT molecular complexity index is 1450. The minimum Gasteiger partial charge on any atom is -0.504 e. The van der Waals surface area contributed by atoms with Crippen LogP contribution in [0.4, 0.5) is 10.2 Å². The summed E-state index contributed by atoms with van der Waals surface area (Å²) >= 11 is 6.11. The Hall–Kier alpha value is -4.05. The lowest BCUT2D eigenvalue weighted by Gasteiger charge is -2.26. The van der Waals surface area contributed by atoms with Crippen molar-refractivity contribution in [2.24, 2.45) is 0 Å². The highest BCUT2D eigenvalue weighted by atomic mass is 35.5. The van der Waals surface area contributed by atoms with E-state index < -0.39 is 11.7 Å². The standard InChI is InChI=1S/C25H23ClFN5O4/c1-35-18-8-14(7-16(27)11-18)20-12-17(13-31(20)23-4-3-22-28-5-6-32(22)30-23)29-25(34)19-9-15(26)10-21(36-2)24(19)33/h3-11,17,20,33H,12-13H2,1-2H3,(H,29,34)/t17-,20+/m0/s1. The highest BCUT2D eigenvalue weighted by Crippen LogP contribution is 2.38. The van der Waals surface area contributed by atoms with Crippen LogP contribution in [0.1, 0.15) is 28.4 Å². The third-order valence-electron chi connectivity index (χ3n) is 6.19. The first-order valence-electron chi connectivity index (χ1n) is 11.1. The van der Waals surface area contributed by atoms with Gasteiger partial charge >= 0.3 is 0 Å². The van der Waals surface area contributed by atoms with Gasteiger partial charge < -0.3 is 24.8 Å². The molecule has 2 aromatic carbocycles. The van der Waals surface area contributed by atoms with E-state index in [1.807, 2.05) is 17.0 Å².